The summed E-state index contributed by atoms with van der Waals surface area (Å²) in [5.74, 6) is 15.1. The van der Waals surface area contributed by atoms with Crippen LogP contribution >= 0.6 is 0 Å². The summed E-state index contributed by atoms with van der Waals surface area (Å²) >= 11 is 0. The van der Waals surface area contributed by atoms with Crippen molar-refractivity contribution in [3.63, 3.8) is 0 Å². The van der Waals surface area contributed by atoms with Gasteiger partial charge >= 0.3 is 0 Å². The van der Waals surface area contributed by atoms with Crippen LogP contribution in [0.25, 0.3) is 0 Å². The van der Waals surface area contributed by atoms with Crippen molar-refractivity contribution >= 4 is 0 Å². The van der Waals surface area contributed by atoms with Crippen LogP contribution < -0.4 is 0 Å². The SMILES string of the molecule is C#C[C@@H](O)C#CCCCCCCC#C[C@H](O)C#C. The van der Waals surface area contributed by atoms with Gasteiger partial charge in [-0.3, -0.25) is 0 Å². The number of rotatable bonds is 5. The monoisotopic (exact) mass is 242 g/mol. The molecule has 0 bridgehead atoms. The largest absolute Gasteiger partial charge is 0.369 e. The van der Waals surface area contributed by atoms with E-state index in [1.807, 2.05) is 0 Å². The smallest absolute Gasteiger partial charge is 0.176 e. The maximum absolute atomic E-state index is 8.96. The molecule has 0 aliphatic rings. The Hall–Kier alpha value is -1.84. The fourth-order valence-electron chi connectivity index (χ4n) is 1.20. The van der Waals surface area contributed by atoms with Gasteiger partial charge < -0.3 is 10.2 Å². The fraction of sp³-hybridized carbons (Fsp3) is 0.500. The van der Waals surface area contributed by atoms with Crippen LogP contribution in [-0.2, 0) is 0 Å². The summed E-state index contributed by atoms with van der Waals surface area (Å²) in [6.07, 6.45) is 13.7. The summed E-state index contributed by atoms with van der Waals surface area (Å²) in [5.41, 5.74) is 0. The average Bonchev–Trinajstić information content (AvgIpc) is 2.40. The molecule has 0 fully saturated rings. The van der Waals surface area contributed by atoms with E-state index in [0.29, 0.717) is 0 Å². The number of unbranched alkanes of at least 4 members (excludes halogenated alkanes) is 5. The van der Waals surface area contributed by atoms with Gasteiger partial charge in [-0.25, -0.2) is 0 Å². The van der Waals surface area contributed by atoms with Crippen molar-refractivity contribution in [2.24, 2.45) is 0 Å². The Morgan fingerprint density at radius 1 is 0.722 bits per heavy atom. The van der Waals surface area contributed by atoms with Crippen molar-refractivity contribution in [3.05, 3.63) is 0 Å². The van der Waals surface area contributed by atoms with E-state index in [4.69, 9.17) is 23.1 Å². The van der Waals surface area contributed by atoms with Gasteiger partial charge in [-0.05, 0) is 12.8 Å². The molecule has 2 nitrogen and oxygen atoms in total. The van der Waals surface area contributed by atoms with Gasteiger partial charge in [0, 0.05) is 12.8 Å². The van der Waals surface area contributed by atoms with E-state index >= 15 is 0 Å². The molecule has 94 valence electrons. The molecule has 18 heavy (non-hydrogen) atoms. The molecule has 0 saturated carbocycles. The van der Waals surface area contributed by atoms with E-state index in [0.717, 1.165) is 38.5 Å². The van der Waals surface area contributed by atoms with Crippen LogP contribution in [0.3, 0.4) is 0 Å². The summed E-state index contributed by atoms with van der Waals surface area (Å²) < 4.78 is 0. The highest BCUT2D eigenvalue weighted by atomic mass is 16.3. The standard InChI is InChI=1S/C16H18O2/c1-3-15(17)13-11-9-7-5-6-8-10-12-14-16(18)4-2/h1-2,15-18H,5-10H2/t15-,16-/m1/s1. The molecule has 0 aromatic rings. The Morgan fingerprint density at radius 3 is 1.44 bits per heavy atom. The molecule has 0 heterocycles. The third-order valence-electron chi connectivity index (χ3n) is 2.15. The van der Waals surface area contributed by atoms with E-state index in [-0.39, 0.29) is 0 Å². The van der Waals surface area contributed by atoms with Gasteiger partial charge in [0.05, 0.1) is 0 Å². The number of terminal acetylenes is 2. The first kappa shape index (κ1) is 16.2. The normalized spacial score (nSPS) is 11.8. The van der Waals surface area contributed by atoms with Crippen molar-refractivity contribution < 1.29 is 10.2 Å². The molecular formula is C16H18O2. The molecule has 0 aromatic heterocycles. The summed E-state index contributed by atoms with van der Waals surface area (Å²) in [6.45, 7) is 0. The molecule has 0 aromatic carbocycles. The Balaban J connectivity index is 3.41. The minimum absolute atomic E-state index is 0.750. The van der Waals surface area contributed by atoms with Crippen molar-refractivity contribution in [3.8, 4) is 48.4 Å². The Labute approximate surface area is 110 Å². The molecule has 0 aliphatic heterocycles. The Morgan fingerprint density at radius 2 is 1.11 bits per heavy atom. The third kappa shape index (κ3) is 10.7. The molecule has 2 atom stereocenters. The zero-order chi connectivity index (χ0) is 13.6. The Bertz CT molecular complexity index is 372. The minimum atomic E-state index is -0.942. The van der Waals surface area contributed by atoms with Crippen LogP contribution in [0.1, 0.15) is 38.5 Å². The first-order chi connectivity index (χ1) is 8.70. The lowest BCUT2D eigenvalue weighted by molar-refractivity contribution is 0.289. The van der Waals surface area contributed by atoms with Crippen LogP contribution in [0.4, 0.5) is 0 Å². The molecular weight excluding hydrogens is 224 g/mol. The molecule has 2 N–H and O–H groups in total. The maximum atomic E-state index is 8.96. The zero-order valence-corrected chi connectivity index (χ0v) is 10.4. The highest BCUT2D eigenvalue weighted by Crippen LogP contribution is 2.04. The van der Waals surface area contributed by atoms with E-state index < -0.39 is 12.2 Å². The average molecular weight is 242 g/mol. The molecule has 0 saturated heterocycles. The lowest BCUT2D eigenvalue weighted by Crippen LogP contribution is -1.96. The van der Waals surface area contributed by atoms with Crippen LogP contribution in [-0.4, -0.2) is 22.4 Å². The van der Waals surface area contributed by atoms with Gasteiger partial charge in [0.25, 0.3) is 0 Å². The van der Waals surface area contributed by atoms with Gasteiger partial charge in [-0.1, -0.05) is 48.4 Å². The van der Waals surface area contributed by atoms with Crippen molar-refractivity contribution in [1.82, 2.24) is 0 Å². The highest BCUT2D eigenvalue weighted by Gasteiger charge is 1.90. The van der Waals surface area contributed by atoms with E-state index in [1.165, 1.54) is 0 Å². The molecule has 2 heteroatoms. The molecule has 0 radical (unpaired) electrons. The zero-order valence-electron chi connectivity index (χ0n) is 10.4. The summed E-state index contributed by atoms with van der Waals surface area (Å²) in [4.78, 5) is 0. The minimum Gasteiger partial charge on any atom is -0.369 e. The number of aliphatic hydroxyl groups excluding tert-OH is 2. The Kier molecular flexibility index (Phi) is 10.4. The fourth-order valence-corrected chi connectivity index (χ4v) is 1.20. The van der Waals surface area contributed by atoms with Crippen molar-refractivity contribution in [2.45, 2.75) is 50.7 Å². The summed E-state index contributed by atoms with van der Waals surface area (Å²) in [6, 6.07) is 0. The van der Waals surface area contributed by atoms with Crippen LogP contribution in [0.5, 0.6) is 0 Å². The van der Waals surface area contributed by atoms with Gasteiger partial charge in [0.1, 0.15) is 0 Å². The van der Waals surface area contributed by atoms with Gasteiger partial charge in [0.15, 0.2) is 12.2 Å². The van der Waals surface area contributed by atoms with Crippen molar-refractivity contribution in [1.29, 1.82) is 0 Å². The second-order valence-electron chi connectivity index (χ2n) is 3.69. The van der Waals surface area contributed by atoms with E-state index in [9.17, 15) is 0 Å². The molecule has 0 amide bonds. The predicted octanol–water partition coefficient (Wildman–Crippen LogP) is 1.32. The number of aliphatic hydroxyl groups is 2. The number of hydrogen-bond donors (Lipinski definition) is 2. The number of hydrogen-bond acceptors (Lipinski definition) is 2. The molecule has 0 unspecified atom stereocenters. The first-order valence-electron chi connectivity index (χ1n) is 5.96. The highest BCUT2D eigenvalue weighted by molar-refractivity contribution is 5.16. The van der Waals surface area contributed by atoms with Gasteiger partial charge in [-0.15, -0.1) is 12.8 Å². The lowest BCUT2D eigenvalue weighted by atomic mass is 10.1. The predicted molar refractivity (Wildman–Crippen MR) is 72.9 cm³/mol. The first-order valence-corrected chi connectivity index (χ1v) is 5.96. The molecule has 0 rings (SSSR count). The molecule has 0 spiro atoms. The van der Waals surface area contributed by atoms with Crippen LogP contribution in [0.2, 0.25) is 0 Å². The van der Waals surface area contributed by atoms with Crippen LogP contribution in [0, 0.1) is 48.4 Å². The van der Waals surface area contributed by atoms with Crippen LogP contribution in [0.15, 0.2) is 0 Å². The topological polar surface area (TPSA) is 40.5 Å². The lowest BCUT2D eigenvalue weighted by Gasteiger charge is -1.95. The summed E-state index contributed by atoms with van der Waals surface area (Å²) in [5, 5.41) is 17.9. The maximum Gasteiger partial charge on any atom is 0.176 e. The second kappa shape index (κ2) is 11.6. The van der Waals surface area contributed by atoms with Gasteiger partial charge in [0.2, 0.25) is 0 Å². The van der Waals surface area contributed by atoms with E-state index in [1.54, 1.807) is 0 Å². The third-order valence-corrected chi connectivity index (χ3v) is 2.15. The molecule has 0 aliphatic carbocycles. The van der Waals surface area contributed by atoms with Gasteiger partial charge in [-0.2, -0.15) is 0 Å². The second-order valence-corrected chi connectivity index (χ2v) is 3.69. The van der Waals surface area contributed by atoms with Crippen molar-refractivity contribution in [2.75, 3.05) is 0 Å². The van der Waals surface area contributed by atoms with E-state index in [2.05, 4.69) is 35.5 Å². The quantitative estimate of drug-likeness (QED) is 0.564. The summed E-state index contributed by atoms with van der Waals surface area (Å²) in [7, 11) is 0.